The van der Waals surface area contributed by atoms with Crippen LogP contribution >= 0.6 is 0 Å². The molecule has 0 fully saturated rings. The zero-order chi connectivity index (χ0) is 71.3. The highest BCUT2D eigenvalue weighted by Crippen LogP contribution is 2.65. The minimum Gasteiger partial charge on any atom is -0.310 e. The molecule has 0 unspecified atom stereocenters. The summed E-state index contributed by atoms with van der Waals surface area (Å²) in [5.41, 5.74) is 39.2. The van der Waals surface area contributed by atoms with Gasteiger partial charge in [0.15, 0.2) is 0 Å². The lowest BCUT2D eigenvalue weighted by molar-refractivity contribution is 0.569. The topological polar surface area (TPSA) is 6.48 Å². The van der Waals surface area contributed by atoms with Crippen LogP contribution in [-0.4, -0.2) is 6.71 Å². The highest BCUT2D eigenvalue weighted by molar-refractivity contribution is 7.00. The molecule has 2 nitrogen and oxygen atoms in total. The molecule has 1 spiro atoms. The Bertz CT molecular complexity index is 5560. The third-order valence-corrected chi connectivity index (χ3v) is 23.1. The van der Waals surface area contributed by atoms with Crippen LogP contribution in [0, 0.1) is 0 Å². The van der Waals surface area contributed by atoms with Gasteiger partial charge in [-0.25, -0.2) is 0 Å². The van der Waals surface area contributed by atoms with Gasteiger partial charge in [-0.05, 0) is 186 Å². The average Bonchev–Trinajstić information content (AvgIpc) is 1.24. The van der Waals surface area contributed by atoms with Crippen molar-refractivity contribution in [2.45, 2.75) is 110 Å². The summed E-state index contributed by atoms with van der Waals surface area (Å²) >= 11 is 0. The van der Waals surface area contributed by atoms with Gasteiger partial charge in [-0.3, -0.25) is 0 Å². The fraction of sp³-hybridized carbons (Fsp3) is 0.168. The summed E-state index contributed by atoms with van der Waals surface area (Å²) in [5, 5.41) is 0. The Morgan fingerprint density at radius 3 is 1.07 bits per heavy atom. The normalized spacial score (nSPS) is 13.8. The Morgan fingerprint density at radius 1 is 0.231 bits per heavy atom. The smallest absolute Gasteiger partial charge is 0.252 e. The van der Waals surface area contributed by atoms with E-state index < -0.39 is 5.41 Å². The van der Waals surface area contributed by atoms with Crippen LogP contribution in [0.3, 0.4) is 0 Å². The first kappa shape index (κ1) is 64.8. The summed E-state index contributed by atoms with van der Waals surface area (Å²) in [4.78, 5) is 5.49. The average molecular weight is 1340 g/mol. The van der Waals surface area contributed by atoms with Crippen LogP contribution in [0.15, 0.2) is 309 Å². The minimum absolute atomic E-state index is 0.149. The molecule has 4 aliphatic rings. The van der Waals surface area contributed by atoms with Gasteiger partial charge in [0, 0.05) is 45.0 Å². The molecule has 0 amide bonds. The van der Waals surface area contributed by atoms with E-state index in [0.29, 0.717) is 0 Å². The van der Waals surface area contributed by atoms with Gasteiger partial charge in [-0.15, -0.1) is 0 Å². The maximum absolute atomic E-state index is 2.78. The molecule has 504 valence electrons. The number of nitrogens with zero attached hydrogens (tertiary/aromatic N) is 2. The van der Waals surface area contributed by atoms with Crippen molar-refractivity contribution in [3.8, 4) is 89.0 Å². The standard InChI is InChI=1S/C101H87BN2/c1-97(2,3)71-52-54-89-88(63-71)102-87-53-51-68(75-44-31-47-81-80-43-27-30-50-86(80)101(93(75)81)84-48-28-25-41-78(84)79-42-26-29-49-85(79)101)57-90(87)104(96-82(66-37-21-15-22-38-66)61-74(100(10,11)12)62-83(96)67-39-23-16-24-40-67)92-59-70(69-55-72(98(4,5)6)60-73(56-69)99(7,8)9)58-91(94(92)102)103(89)95-76(64-33-17-13-18-34-64)45-32-46-77(95)65-35-19-14-20-36-65/h13-63H,1-12H3. The molecule has 0 saturated heterocycles. The molecule has 18 rings (SSSR count). The predicted molar refractivity (Wildman–Crippen MR) is 444 cm³/mol. The predicted octanol–water partition coefficient (Wildman–Crippen LogP) is 25.3. The Balaban J connectivity index is 1.04. The molecule has 14 aromatic carbocycles. The van der Waals surface area contributed by atoms with Gasteiger partial charge in [-0.2, -0.15) is 0 Å². The lowest BCUT2D eigenvalue weighted by Gasteiger charge is -2.46. The zero-order valence-electron chi connectivity index (χ0n) is 61.9. The highest BCUT2D eigenvalue weighted by Gasteiger charge is 2.53. The Morgan fingerprint density at radius 2 is 0.596 bits per heavy atom. The maximum atomic E-state index is 2.78. The molecule has 2 aliphatic heterocycles. The molecule has 3 heteroatoms. The van der Waals surface area contributed by atoms with Crippen molar-refractivity contribution in [2.75, 3.05) is 9.80 Å². The molecule has 104 heavy (non-hydrogen) atoms. The van der Waals surface area contributed by atoms with Crippen molar-refractivity contribution in [2.24, 2.45) is 0 Å². The lowest BCUT2D eigenvalue weighted by atomic mass is 9.33. The maximum Gasteiger partial charge on any atom is 0.252 e. The van der Waals surface area contributed by atoms with Crippen LogP contribution in [0.2, 0.25) is 0 Å². The van der Waals surface area contributed by atoms with E-state index in [0.717, 1.165) is 67.4 Å². The number of para-hydroxylation sites is 1. The van der Waals surface area contributed by atoms with Gasteiger partial charge in [0.2, 0.25) is 0 Å². The van der Waals surface area contributed by atoms with Crippen molar-refractivity contribution in [1.82, 2.24) is 0 Å². The summed E-state index contributed by atoms with van der Waals surface area (Å²) in [6, 6.07) is 120. The van der Waals surface area contributed by atoms with E-state index in [1.54, 1.807) is 0 Å². The molecule has 0 bridgehead atoms. The van der Waals surface area contributed by atoms with E-state index in [-0.39, 0.29) is 28.4 Å². The first-order valence-electron chi connectivity index (χ1n) is 37.3. The zero-order valence-corrected chi connectivity index (χ0v) is 61.9. The third-order valence-electron chi connectivity index (χ3n) is 23.1. The van der Waals surface area contributed by atoms with E-state index in [1.807, 2.05) is 0 Å². The van der Waals surface area contributed by atoms with Gasteiger partial charge in [0.25, 0.3) is 6.71 Å². The van der Waals surface area contributed by atoms with Gasteiger partial charge < -0.3 is 9.80 Å². The first-order valence-corrected chi connectivity index (χ1v) is 37.3. The van der Waals surface area contributed by atoms with E-state index in [9.17, 15) is 0 Å². The highest BCUT2D eigenvalue weighted by atomic mass is 15.2. The number of anilines is 6. The molecular weight excluding hydrogens is 1250 g/mol. The van der Waals surface area contributed by atoms with Gasteiger partial charge in [0.1, 0.15) is 0 Å². The quantitative estimate of drug-likeness (QED) is 0.140. The second-order valence-electron chi connectivity index (χ2n) is 33.6. The van der Waals surface area contributed by atoms with Crippen LogP contribution in [0.25, 0.3) is 89.0 Å². The fourth-order valence-electron chi connectivity index (χ4n) is 17.8. The monoisotopic (exact) mass is 1340 g/mol. The largest absolute Gasteiger partial charge is 0.310 e. The number of benzene rings is 14. The molecule has 0 radical (unpaired) electrons. The van der Waals surface area contributed by atoms with Gasteiger partial charge in [0.05, 0.1) is 16.8 Å². The summed E-state index contributed by atoms with van der Waals surface area (Å²) < 4.78 is 0. The number of hydrogen-bond acceptors (Lipinski definition) is 2. The summed E-state index contributed by atoms with van der Waals surface area (Å²) in [7, 11) is 0. The van der Waals surface area contributed by atoms with Crippen molar-refractivity contribution in [1.29, 1.82) is 0 Å². The molecule has 2 heterocycles. The molecule has 0 atom stereocenters. The summed E-state index contributed by atoms with van der Waals surface area (Å²) in [5.74, 6) is 0. The molecule has 0 aromatic heterocycles. The van der Waals surface area contributed by atoms with Crippen LogP contribution in [-0.2, 0) is 27.1 Å². The van der Waals surface area contributed by atoms with E-state index in [1.165, 1.54) is 117 Å². The molecule has 2 aliphatic carbocycles. The number of fused-ring (bicyclic) bond motifs is 14. The summed E-state index contributed by atoms with van der Waals surface area (Å²) in [6.07, 6.45) is 0. The van der Waals surface area contributed by atoms with Crippen LogP contribution < -0.4 is 26.2 Å². The summed E-state index contributed by atoms with van der Waals surface area (Å²) in [6.45, 7) is 28.2. The molecule has 0 saturated carbocycles. The third kappa shape index (κ3) is 10.2. The van der Waals surface area contributed by atoms with Crippen molar-refractivity contribution in [3.63, 3.8) is 0 Å². The van der Waals surface area contributed by atoms with Crippen LogP contribution in [0.1, 0.15) is 128 Å². The second kappa shape index (κ2) is 23.9. The minimum atomic E-state index is -0.581. The molecule has 14 aromatic rings. The fourth-order valence-corrected chi connectivity index (χ4v) is 17.8. The number of rotatable bonds is 8. The van der Waals surface area contributed by atoms with Crippen LogP contribution in [0.4, 0.5) is 34.1 Å². The van der Waals surface area contributed by atoms with Crippen LogP contribution in [0.5, 0.6) is 0 Å². The van der Waals surface area contributed by atoms with Crippen molar-refractivity contribution >= 4 is 57.2 Å². The Kier molecular flexibility index (Phi) is 14.9. The van der Waals surface area contributed by atoms with Gasteiger partial charge >= 0.3 is 0 Å². The Hall–Kier alpha value is -11.3. The SMILES string of the molecule is CC(C)(C)c1cc(-c2cc3c4c(c2)N(c2c(-c5ccccc5)cc(C(C)(C)C)cc2-c2ccccc2)c2cc(-c5cccc6c5C5(c7ccccc7-c7ccccc75)c5ccccc5-6)ccc2B4c2cc(C(C)(C)C)ccc2N3c2c(-c3ccccc3)cccc2-c2ccccc2)cc(C(C)(C)C)c1. The number of hydrogen-bond donors (Lipinski definition) is 0. The lowest BCUT2D eigenvalue weighted by Crippen LogP contribution is -2.61. The van der Waals surface area contributed by atoms with E-state index in [4.69, 9.17) is 0 Å². The molecular formula is C101H87BN2. The van der Waals surface area contributed by atoms with E-state index >= 15 is 0 Å². The second-order valence-corrected chi connectivity index (χ2v) is 33.6. The Labute approximate surface area is 616 Å². The van der Waals surface area contributed by atoms with Crippen molar-refractivity contribution < 1.29 is 0 Å². The van der Waals surface area contributed by atoms with Gasteiger partial charge in [-0.1, -0.05) is 356 Å². The van der Waals surface area contributed by atoms with E-state index in [2.05, 4.69) is 402 Å². The molecule has 0 N–H and O–H groups in total. The first-order chi connectivity index (χ1) is 50.1. The van der Waals surface area contributed by atoms with Crippen molar-refractivity contribution in [3.05, 3.63) is 354 Å².